The highest BCUT2D eigenvalue weighted by atomic mass is 31.2. The van der Waals surface area contributed by atoms with Gasteiger partial charge in [0, 0.05) is 12.8 Å². The number of hydrogen-bond acceptors (Lipinski definition) is 7. The molecule has 0 aliphatic heterocycles. The fourth-order valence-corrected chi connectivity index (χ4v) is 7.41. The number of rotatable bonds is 44. The molecule has 2 atom stereocenters. The topological polar surface area (TPSA) is 108 Å². The number of hydrogen-bond donors (Lipinski definition) is 1. The molecule has 0 bridgehead atoms. The van der Waals surface area contributed by atoms with E-state index in [4.69, 9.17) is 18.5 Å². The molecule has 0 amide bonds. The fourth-order valence-electron chi connectivity index (χ4n) is 6.66. The van der Waals surface area contributed by atoms with Gasteiger partial charge >= 0.3 is 19.8 Å². The van der Waals surface area contributed by atoms with Gasteiger partial charge in [0.1, 0.15) is 6.61 Å². The largest absolute Gasteiger partial charge is 0.472 e. The van der Waals surface area contributed by atoms with Crippen molar-refractivity contribution in [3.05, 3.63) is 36.5 Å². The molecule has 8 nitrogen and oxygen atoms in total. The molecular weight excluding hydrogens is 735 g/mol. The molecule has 0 aliphatic carbocycles. The maximum atomic E-state index is 12.6. The summed E-state index contributed by atoms with van der Waals surface area (Å²) in [4.78, 5) is 34.8. The zero-order valence-corrected chi connectivity index (χ0v) is 38.1. The Bertz CT molecular complexity index is 1030. The predicted octanol–water partition coefficient (Wildman–Crippen LogP) is 15.2. The predicted molar refractivity (Wildman–Crippen MR) is 239 cm³/mol. The number of allylic oxidation sites excluding steroid dienone is 6. The maximum absolute atomic E-state index is 12.6. The normalized spacial score (nSPS) is 13.5. The summed E-state index contributed by atoms with van der Waals surface area (Å²) in [6.07, 6.45) is 50.6. The van der Waals surface area contributed by atoms with Crippen LogP contribution in [0.5, 0.6) is 0 Å². The highest BCUT2D eigenvalue weighted by Gasteiger charge is 2.25. The molecule has 1 N–H and O–H groups in total. The first-order valence-corrected chi connectivity index (χ1v) is 25.3. The molecule has 0 aromatic heterocycles. The van der Waals surface area contributed by atoms with Crippen molar-refractivity contribution in [3.63, 3.8) is 0 Å². The Morgan fingerprint density at radius 2 is 0.842 bits per heavy atom. The summed E-state index contributed by atoms with van der Waals surface area (Å²) in [5, 5.41) is 0. The first-order chi connectivity index (χ1) is 27.8. The van der Waals surface area contributed by atoms with Gasteiger partial charge in [-0.05, 0) is 77.6 Å². The van der Waals surface area contributed by atoms with Gasteiger partial charge in [-0.2, -0.15) is 0 Å². The molecule has 0 aliphatic rings. The molecule has 0 fully saturated rings. The summed E-state index contributed by atoms with van der Waals surface area (Å²) < 4.78 is 32.7. The van der Waals surface area contributed by atoms with E-state index in [1.54, 1.807) is 6.92 Å². The lowest BCUT2D eigenvalue weighted by Gasteiger charge is -2.19. The van der Waals surface area contributed by atoms with E-state index < -0.39 is 26.5 Å². The van der Waals surface area contributed by atoms with Gasteiger partial charge in [-0.25, -0.2) is 4.57 Å². The van der Waals surface area contributed by atoms with Gasteiger partial charge in [-0.3, -0.25) is 18.6 Å². The highest BCUT2D eigenvalue weighted by Crippen LogP contribution is 2.43. The SMILES string of the molecule is CCCCCCC/C=C\C/C=C\CCCCCCCCCCCCCC(=O)OC(COC(=O)CCCCCCC/C=C\CCCCCCC)COP(=O)(O)OCC. The van der Waals surface area contributed by atoms with Crippen molar-refractivity contribution in [1.29, 1.82) is 0 Å². The van der Waals surface area contributed by atoms with E-state index >= 15 is 0 Å². The van der Waals surface area contributed by atoms with Gasteiger partial charge in [0.15, 0.2) is 6.10 Å². The molecule has 0 saturated carbocycles. The summed E-state index contributed by atoms with van der Waals surface area (Å²) in [5.41, 5.74) is 0. The van der Waals surface area contributed by atoms with Crippen LogP contribution in [0, 0.1) is 0 Å². The van der Waals surface area contributed by atoms with Gasteiger partial charge in [-0.1, -0.05) is 179 Å². The molecule has 0 saturated heterocycles. The van der Waals surface area contributed by atoms with Crippen LogP contribution < -0.4 is 0 Å². The van der Waals surface area contributed by atoms with Crippen LogP contribution in [0.4, 0.5) is 0 Å². The second-order valence-electron chi connectivity index (χ2n) is 15.8. The molecule has 0 aromatic carbocycles. The van der Waals surface area contributed by atoms with E-state index in [2.05, 4.69) is 50.3 Å². The minimum atomic E-state index is -4.28. The first-order valence-electron chi connectivity index (χ1n) is 23.8. The smallest absolute Gasteiger partial charge is 0.462 e. The van der Waals surface area contributed by atoms with Crippen LogP contribution in [0.25, 0.3) is 0 Å². The van der Waals surface area contributed by atoms with Crippen LogP contribution in [0.3, 0.4) is 0 Å². The third-order valence-electron chi connectivity index (χ3n) is 10.2. The van der Waals surface area contributed by atoms with Crippen molar-refractivity contribution in [2.75, 3.05) is 19.8 Å². The Hall–Kier alpha value is -1.73. The van der Waals surface area contributed by atoms with E-state index in [-0.39, 0.29) is 32.0 Å². The van der Waals surface area contributed by atoms with Crippen LogP contribution in [0.15, 0.2) is 36.5 Å². The summed E-state index contributed by atoms with van der Waals surface area (Å²) >= 11 is 0. The second kappa shape index (κ2) is 43.8. The average Bonchev–Trinajstić information content (AvgIpc) is 3.19. The second-order valence-corrected chi connectivity index (χ2v) is 17.2. The molecule has 2 unspecified atom stereocenters. The number of carbonyl (C=O) groups excluding carboxylic acids is 2. The Kier molecular flexibility index (Phi) is 42.5. The Morgan fingerprint density at radius 1 is 0.474 bits per heavy atom. The van der Waals surface area contributed by atoms with Crippen LogP contribution in [0.2, 0.25) is 0 Å². The number of phosphoric acid groups is 1. The number of unbranched alkanes of at least 4 members (excludes halogenated alkanes) is 26. The van der Waals surface area contributed by atoms with Gasteiger partial charge in [-0.15, -0.1) is 0 Å². The molecule has 0 radical (unpaired) electrons. The standard InChI is InChI=1S/C48H89O8P/c1-4-7-9-11-13-15-17-19-21-22-23-24-25-26-27-28-29-31-33-35-37-39-41-43-48(50)56-46(45-55-57(51,52)54-6-3)44-53-47(49)42-40-38-36-34-32-30-20-18-16-14-12-10-8-5-2/h17-20,22-23,46H,4-16,21,24-45H2,1-3H3,(H,51,52)/b19-17-,20-18-,23-22-. The van der Waals surface area contributed by atoms with Crippen molar-refractivity contribution in [2.24, 2.45) is 0 Å². The van der Waals surface area contributed by atoms with Crippen molar-refractivity contribution in [3.8, 4) is 0 Å². The molecule has 334 valence electrons. The molecule has 0 heterocycles. The Labute approximate surface area is 351 Å². The van der Waals surface area contributed by atoms with Crippen molar-refractivity contribution >= 4 is 19.8 Å². The van der Waals surface area contributed by atoms with Crippen LogP contribution in [-0.4, -0.2) is 42.8 Å². The maximum Gasteiger partial charge on any atom is 0.472 e. The average molecular weight is 825 g/mol. The Balaban J connectivity index is 4.00. The first kappa shape index (κ1) is 55.3. The van der Waals surface area contributed by atoms with Crippen molar-refractivity contribution in [2.45, 2.75) is 239 Å². The lowest BCUT2D eigenvalue weighted by atomic mass is 10.0. The molecule has 57 heavy (non-hydrogen) atoms. The van der Waals surface area contributed by atoms with Crippen LogP contribution in [-0.2, 0) is 32.7 Å². The van der Waals surface area contributed by atoms with Gasteiger partial charge in [0.25, 0.3) is 0 Å². The van der Waals surface area contributed by atoms with E-state index in [1.165, 1.54) is 135 Å². The summed E-state index contributed by atoms with van der Waals surface area (Å²) in [7, 11) is -4.28. The van der Waals surface area contributed by atoms with E-state index in [1.807, 2.05) is 0 Å². The van der Waals surface area contributed by atoms with E-state index in [0.717, 1.165) is 57.8 Å². The molecular formula is C48H89O8P. The van der Waals surface area contributed by atoms with Crippen molar-refractivity contribution < 1.29 is 37.6 Å². The zero-order chi connectivity index (χ0) is 41.8. The fraction of sp³-hybridized carbons (Fsp3) is 0.833. The summed E-state index contributed by atoms with van der Waals surface area (Å²) in [6.45, 7) is 5.47. The number of carbonyl (C=O) groups is 2. The highest BCUT2D eigenvalue weighted by molar-refractivity contribution is 7.47. The van der Waals surface area contributed by atoms with Crippen molar-refractivity contribution in [1.82, 2.24) is 0 Å². The van der Waals surface area contributed by atoms with Gasteiger partial charge in [0.2, 0.25) is 0 Å². The third-order valence-corrected chi connectivity index (χ3v) is 11.2. The third kappa shape index (κ3) is 43.7. The minimum Gasteiger partial charge on any atom is -0.462 e. The van der Waals surface area contributed by atoms with E-state index in [9.17, 15) is 19.0 Å². The summed E-state index contributed by atoms with van der Waals surface area (Å²) in [6, 6.07) is 0. The minimum absolute atomic E-state index is 0.000890. The quantitative estimate of drug-likeness (QED) is 0.0280. The zero-order valence-electron chi connectivity index (χ0n) is 37.2. The van der Waals surface area contributed by atoms with Gasteiger partial charge in [0.05, 0.1) is 13.2 Å². The number of ether oxygens (including phenoxy) is 2. The van der Waals surface area contributed by atoms with Gasteiger partial charge < -0.3 is 14.4 Å². The summed E-state index contributed by atoms with van der Waals surface area (Å²) in [5.74, 6) is -0.804. The molecule has 9 heteroatoms. The van der Waals surface area contributed by atoms with Crippen LogP contribution >= 0.6 is 7.82 Å². The van der Waals surface area contributed by atoms with Crippen LogP contribution in [0.1, 0.15) is 233 Å². The number of esters is 2. The molecule has 0 aromatic rings. The molecule has 0 spiro atoms. The lowest BCUT2D eigenvalue weighted by molar-refractivity contribution is -0.161. The monoisotopic (exact) mass is 825 g/mol. The Morgan fingerprint density at radius 3 is 1.26 bits per heavy atom. The van der Waals surface area contributed by atoms with E-state index in [0.29, 0.717) is 6.42 Å². The molecule has 0 rings (SSSR count). The lowest BCUT2D eigenvalue weighted by Crippen LogP contribution is -2.29. The number of phosphoric ester groups is 1.